The van der Waals surface area contributed by atoms with Crippen LogP contribution in [-0.2, 0) is 6.42 Å². The number of hydrogen-bond donors (Lipinski definition) is 1. The number of benzene rings is 1. The summed E-state index contributed by atoms with van der Waals surface area (Å²) < 4.78 is 0. The number of nitrogens with one attached hydrogen (secondary N) is 1. The predicted octanol–water partition coefficient (Wildman–Crippen LogP) is 2.24. The molecule has 0 radical (unpaired) electrons. The van der Waals surface area contributed by atoms with Gasteiger partial charge >= 0.3 is 0 Å². The van der Waals surface area contributed by atoms with Gasteiger partial charge in [-0.25, -0.2) is 0 Å². The number of rotatable bonds is 6. The number of piperidine rings is 1. The maximum absolute atomic E-state index is 3.54. The molecule has 3 heteroatoms. The van der Waals surface area contributed by atoms with Crippen LogP contribution < -0.4 is 5.32 Å². The summed E-state index contributed by atoms with van der Waals surface area (Å²) in [7, 11) is 0. The smallest absolute Gasteiger partial charge is 0.0110 e. The molecule has 2 heterocycles. The van der Waals surface area contributed by atoms with Gasteiger partial charge in [0.25, 0.3) is 0 Å². The van der Waals surface area contributed by atoms with Gasteiger partial charge in [0.05, 0.1) is 0 Å². The van der Waals surface area contributed by atoms with Crippen LogP contribution in [0.4, 0.5) is 0 Å². The molecular formula is C19H31N3. The van der Waals surface area contributed by atoms with E-state index in [-0.39, 0.29) is 0 Å². The van der Waals surface area contributed by atoms with Gasteiger partial charge in [-0.05, 0) is 56.8 Å². The van der Waals surface area contributed by atoms with Crippen LogP contribution in [0, 0.1) is 5.92 Å². The van der Waals surface area contributed by atoms with Gasteiger partial charge in [0.2, 0.25) is 0 Å². The quantitative estimate of drug-likeness (QED) is 0.869. The lowest BCUT2D eigenvalue weighted by atomic mass is 9.96. The van der Waals surface area contributed by atoms with Crippen LogP contribution in [0.2, 0.25) is 0 Å². The lowest BCUT2D eigenvalue weighted by molar-refractivity contribution is 0.125. The van der Waals surface area contributed by atoms with Crippen LogP contribution in [0.3, 0.4) is 0 Å². The van der Waals surface area contributed by atoms with Crippen molar-refractivity contribution in [1.82, 2.24) is 15.1 Å². The summed E-state index contributed by atoms with van der Waals surface area (Å²) in [6, 6.07) is 10.9. The van der Waals surface area contributed by atoms with Gasteiger partial charge in [0.15, 0.2) is 0 Å². The standard InChI is InChI=1S/C19H31N3/c1-2-5-18(6-3-1)8-11-21-13-15-22(16-14-21)12-9-19-7-4-10-20-17-19/h1-3,5-6,19-20H,4,7-17H2. The Labute approximate surface area is 135 Å². The number of hydrogen-bond acceptors (Lipinski definition) is 3. The van der Waals surface area contributed by atoms with E-state index in [1.807, 2.05) is 0 Å². The fraction of sp³-hybridized carbons (Fsp3) is 0.684. The molecule has 2 aliphatic rings. The lowest BCUT2D eigenvalue weighted by Crippen LogP contribution is -2.47. The van der Waals surface area contributed by atoms with Crippen LogP contribution in [0.1, 0.15) is 24.8 Å². The molecule has 0 aliphatic carbocycles. The van der Waals surface area contributed by atoms with E-state index in [1.165, 1.54) is 83.6 Å². The third-order valence-corrected chi connectivity index (χ3v) is 5.28. The van der Waals surface area contributed by atoms with Crippen molar-refractivity contribution in [3.8, 4) is 0 Å². The highest BCUT2D eigenvalue weighted by Gasteiger charge is 2.18. The predicted molar refractivity (Wildman–Crippen MR) is 93.2 cm³/mol. The van der Waals surface area contributed by atoms with Crippen molar-refractivity contribution in [2.24, 2.45) is 5.92 Å². The third-order valence-electron chi connectivity index (χ3n) is 5.28. The Hall–Kier alpha value is -0.900. The highest BCUT2D eigenvalue weighted by atomic mass is 15.3. The summed E-state index contributed by atoms with van der Waals surface area (Å²) in [4.78, 5) is 5.30. The second-order valence-electron chi connectivity index (χ2n) is 6.92. The van der Waals surface area contributed by atoms with E-state index in [2.05, 4.69) is 45.4 Å². The molecule has 1 unspecified atom stereocenters. The van der Waals surface area contributed by atoms with Gasteiger partial charge < -0.3 is 15.1 Å². The van der Waals surface area contributed by atoms with E-state index in [0.717, 1.165) is 5.92 Å². The molecular weight excluding hydrogens is 270 g/mol. The largest absolute Gasteiger partial charge is 0.316 e. The Balaban J connectivity index is 1.30. The second kappa shape index (κ2) is 8.66. The highest BCUT2D eigenvalue weighted by molar-refractivity contribution is 5.14. The molecule has 0 spiro atoms. The molecule has 1 atom stereocenters. The molecule has 3 rings (SSSR count). The Morgan fingerprint density at radius 2 is 1.68 bits per heavy atom. The zero-order chi connectivity index (χ0) is 15.0. The van der Waals surface area contributed by atoms with E-state index in [4.69, 9.17) is 0 Å². The van der Waals surface area contributed by atoms with Crippen molar-refractivity contribution < 1.29 is 0 Å². The molecule has 0 aromatic heterocycles. The first-order chi connectivity index (χ1) is 10.9. The minimum Gasteiger partial charge on any atom is -0.316 e. The van der Waals surface area contributed by atoms with Crippen LogP contribution in [0.15, 0.2) is 30.3 Å². The third kappa shape index (κ3) is 5.08. The minimum absolute atomic E-state index is 0.921. The number of nitrogens with zero attached hydrogens (tertiary/aromatic N) is 2. The molecule has 2 saturated heterocycles. The summed E-state index contributed by atoms with van der Waals surface area (Å²) in [6.07, 6.45) is 5.38. The van der Waals surface area contributed by atoms with E-state index < -0.39 is 0 Å². The SMILES string of the molecule is c1ccc(CCN2CCN(CCC3CCCNC3)CC2)cc1. The first-order valence-corrected chi connectivity index (χ1v) is 9.09. The van der Waals surface area contributed by atoms with Crippen LogP contribution in [0.5, 0.6) is 0 Å². The van der Waals surface area contributed by atoms with E-state index in [9.17, 15) is 0 Å². The van der Waals surface area contributed by atoms with Gasteiger partial charge in [0.1, 0.15) is 0 Å². The molecule has 0 amide bonds. The fourth-order valence-corrected chi connectivity index (χ4v) is 3.70. The topological polar surface area (TPSA) is 18.5 Å². The van der Waals surface area contributed by atoms with E-state index in [0.29, 0.717) is 0 Å². The maximum atomic E-state index is 3.54. The molecule has 22 heavy (non-hydrogen) atoms. The maximum Gasteiger partial charge on any atom is 0.0110 e. The molecule has 2 aliphatic heterocycles. The zero-order valence-electron chi connectivity index (χ0n) is 13.8. The van der Waals surface area contributed by atoms with Crippen molar-refractivity contribution >= 4 is 0 Å². The highest BCUT2D eigenvalue weighted by Crippen LogP contribution is 2.15. The fourth-order valence-electron chi connectivity index (χ4n) is 3.70. The van der Waals surface area contributed by atoms with Crippen LogP contribution in [0.25, 0.3) is 0 Å². The Bertz CT molecular complexity index is 406. The average Bonchev–Trinajstić information content (AvgIpc) is 2.61. The Morgan fingerprint density at radius 3 is 2.36 bits per heavy atom. The van der Waals surface area contributed by atoms with Crippen molar-refractivity contribution in [1.29, 1.82) is 0 Å². The summed E-state index contributed by atoms with van der Waals surface area (Å²) in [5, 5.41) is 3.54. The molecule has 122 valence electrons. The van der Waals surface area contributed by atoms with E-state index >= 15 is 0 Å². The van der Waals surface area contributed by atoms with E-state index in [1.54, 1.807) is 0 Å². The van der Waals surface area contributed by atoms with Crippen molar-refractivity contribution in [2.45, 2.75) is 25.7 Å². The van der Waals surface area contributed by atoms with Crippen molar-refractivity contribution in [2.75, 3.05) is 52.4 Å². The molecule has 3 nitrogen and oxygen atoms in total. The second-order valence-corrected chi connectivity index (χ2v) is 6.92. The van der Waals surface area contributed by atoms with Crippen molar-refractivity contribution in [3.63, 3.8) is 0 Å². The van der Waals surface area contributed by atoms with Gasteiger partial charge in [-0.1, -0.05) is 30.3 Å². The minimum atomic E-state index is 0.921. The van der Waals surface area contributed by atoms with Gasteiger partial charge in [-0.3, -0.25) is 0 Å². The molecule has 1 aromatic carbocycles. The summed E-state index contributed by atoms with van der Waals surface area (Å²) in [5.41, 5.74) is 1.47. The molecule has 0 bridgehead atoms. The average molecular weight is 301 g/mol. The normalized spacial score (nSPS) is 24.5. The number of piperazine rings is 1. The van der Waals surface area contributed by atoms with Crippen LogP contribution in [-0.4, -0.2) is 62.2 Å². The summed E-state index contributed by atoms with van der Waals surface area (Å²) in [6.45, 7) is 10.0. The van der Waals surface area contributed by atoms with Gasteiger partial charge in [-0.15, -0.1) is 0 Å². The summed E-state index contributed by atoms with van der Waals surface area (Å²) >= 11 is 0. The van der Waals surface area contributed by atoms with Gasteiger partial charge in [-0.2, -0.15) is 0 Å². The first kappa shape index (κ1) is 16.0. The van der Waals surface area contributed by atoms with Crippen LogP contribution >= 0.6 is 0 Å². The molecule has 1 aromatic rings. The Kier molecular flexibility index (Phi) is 6.29. The molecule has 0 saturated carbocycles. The van der Waals surface area contributed by atoms with Crippen molar-refractivity contribution in [3.05, 3.63) is 35.9 Å². The Morgan fingerprint density at radius 1 is 0.955 bits per heavy atom. The molecule has 2 fully saturated rings. The van der Waals surface area contributed by atoms with Gasteiger partial charge in [0, 0.05) is 32.7 Å². The zero-order valence-corrected chi connectivity index (χ0v) is 13.8. The monoisotopic (exact) mass is 301 g/mol. The molecule has 1 N–H and O–H groups in total. The summed E-state index contributed by atoms with van der Waals surface area (Å²) in [5.74, 6) is 0.921. The first-order valence-electron chi connectivity index (χ1n) is 9.09. The lowest BCUT2D eigenvalue weighted by Gasteiger charge is -2.35.